The summed E-state index contributed by atoms with van der Waals surface area (Å²) in [6.45, 7) is 1.82. The monoisotopic (exact) mass is 329 g/mol. The molecule has 102 valence electrons. The smallest absolute Gasteiger partial charge is 0.329 e. The zero-order valence-corrected chi connectivity index (χ0v) is 11.9. The Bertz CT molecular complexity index is 528. The van der Waals surface area contributed by atoms with E-state index < -0.39 is 23.2 Å². The van der Waals surface area contributed by atoms with Crippen LogP contribution in [0.5, 0.6) is 0 Å². The molecule has 0 bridgehead atoms. The van der Waals surface area contributed by atoms with E-state index in [1.54, 1.807) is 6.07 Å². The molecule has 1 heterocycles. The molecule has 2 rings (SSSR count). The van der Waals surface area contributed by atoms with Crippen molar-refractivity contribution < 1.29 is 19.1 Å². The number of nitrogens with zero attached hydrogens (tertiary/aromatic N) is 1. The number of hydrogen-bond acceptors (Lipinski definition) is 2. The number of likely N-dealkylation sites (tertiary alicyclic amines) is 1. The van der Waals surface area contributed by atoms with E-state index in [0.29, 0.717) is 23.9 Å². The number of carboxylic acid groups (broad SMARTS) is 1. The van der Waals surface area contributed by atoms with E-state index in [9.17, 15) is 19.1 Å². The van der Waals surface area contributed by atoms with Crippen molar-refractivity contribution >= 4 is 27.8 Å². The van der Waals surface area contributed by atoms with Gasteiger partial charge in [-0.3, -0.25) is 4.79 Å². The highest BCUT2D eigenvalue weighted by Gasteiger charge is 2.46. The Hall–Kier alpha value is -1.43. The summed E-state index contributed by atoms with van der Waals surface area (Å²) in [5.74, 6) is -2.31. The molecule has 1 N–H and O–H groups in total. The lowest BCUT2D eigenvalue weighted by molar-refractivity contribution is -0.147. The van der Waals surface area contributed by atoms with Crippen molar-refractivity contribution in [3.05, 3.63) is 34.1 Å². The van der Waals surface area contributed by atoms with E-state index in [1.165, 1.54) is 24.0 Å². The molecule has 0 radical (unpaired) electrons. The van der Waals surface area contributed by atoms with Crippen molar-refractivity contribution in [3.63, 3.8) is 0 Å². The summed E-state index contributed by atoms with van der Waals surface area (Å²) in [6, 6.07) is 4.23. The first-order valence-corrected chi connectivity index (χ1v) is 6.66. The first-order valence-electron chi connectivity index (χ1n) is 5.87. The molecule has 1 unspecified atom stereocenters. The van der Waals surface area contributed by atoms with Gasteiger partial charge in [-0.1, -0.05) is 6.07 Å². The molecule has 0 spiro atoms. The minimum absolute atomic E-state index is 0.114. The van der Waals surface area contributed by atoms with Gasteiger partial charge >= 0.3 is 5.97 Å². The van der Waals surface area contributed by atoms with Gasteiger partial charge in [0, 0.05) is 11.0 Å². The number of carboxylic acids is 1. The van der Waals surface area contributed by atoms with Crippen LogP contribution in [0.4, 0.5) is 4.39 Å². The van der Waals surface area contributed by atoms with Gasteiger partial charge in [-0.2, -0.15) is 0 Å². The third-order valence-electron chi connectivity index (χ3n) is 3.52. The van der Waals surface area contributed by atoms with Crippen molar-refractivity contribution in [2.24, 2.45) is 0 Å². The number of carbonyl (C=O) groups is 2. The maximum Gasteiger partial charge on any atom is 0.329 e. The second-order valence-electron chi connectivity index (χ2n) is 4.74. The molecule has 1 aromatic carbocycles. The molecular formula is C13H13BrFNO3. The van der Waals surface area contributed by atoms with Crippen molar-refractivity contribution in [1.82, 2.24) is 4.90 Å². The number of rotatable bonds is 2. The van der Waals surface area contributed by atoms with E-state index in [-0.39, 0.29) is 5.56 Å². The minimum atomic E-state index is -1.27. The molecule has 1 atom stereocenters. The highest BCUT2D eigenvalue weighted by atomic mass is 79.9. The Morgan fingerprint density at radius 1 is 1.47 bits per heavy atom. The van der Waals surface area contributed by atoms with Gasteiger partial charge in [0.1, 0.15) is 11.4 Å². The Kier molecular flexibility index (Phi) is 3.62. The third kappa shape index (κ3) is 2.25. The lowest BCUT2D eigenvalue weighted by Gasteiger charge is -2.31. The first-order chi connectivity index (χ1) is 8.88. The largest absolute Gasteiger partial charge is 0.480 e. The summed E-state index contributed by atoms with van der Waals surface area (Å²) >= 11 is 3.13. The molecule has 0 aliphatic carbocycles. The normalized spacial score (nSPS) is 22.6. The van der Waals surface area contributed by atoms with Gasteiger partial charge in [0.05, 0.1) is 5.56 Å². The number of hydrogen-bond donors (Lipinski definition) is 1. The quantitative estimate of drug-likeness (QED) is 0.907. The van der Waals surface area contributed by atoms with Crippen LogP contribution in [0.15, 0.2) is 22.7 Å². The molecule has 1 amide bonds. The van der Waals surface area contributed by atoms with Crippen LogP contribution in [0.2, 0.25) is 0 Å². The maximum absolute atomic E-state index is 13.8. The summed E-state index contributed by atoms with van der Waals surface area (Å²) in [4.78, 5) is 25.0. The van der Waals surface area contributed by atoms with Gasteiger partial charge in [0.25, 0.3) is 5.91 Å². The standard InChI is InChI=1S/C13H13BrFNO3/c1-13(12(18)19)6-3-7-16(13)11(17)10-8(14)4-2-5-9(10)15/h2,4-5H,3,6-7H2,1H3,(H,18,19). The van der Waals surface area contributed by atoms with E-state index >= 15 is 0 Å². The predicted octanol–water partition coefficient (Wildman–Crippen LogP) is 2.67. The molecule has 19 heavy (non-hydrogen) atoms. The van der Waals surface area contributed by atoms with Gasteiger partial charge in [0.2, 0.25) is 0 Å². The van der Waals surface area contributed by atoms with E-state index in [0.717, 1.165) is 0 Å². The molecule has 0 aromatic heterocycles. The number of amides is 1. The predicted molar refractivity (Wildman–Crippen MR) is 70.4 cm³/mol. The van der Waals surface area contributed by atoms with Crippen LogP contribution < -0.4 is 0 Å². The molecule has 0 saturated carbocycles. The summed E-state index contributed by atoms with van der Waals surface area (Å²) in [5.41, 5.74) is -1.38. The molecule has 4 nitrogen and oxygen atoms in total. The Labute approximate surface area is 118 Å². The summed E-state index contributed by atoms with van der Waals surface area (Å²) in [6.07, 6.45) is 0.973. The zero-order chi connectivity index (χ0) is 14.2. The van der Waals surface area contributed by atoms with E-state index in [1.807, 2.05) is 0 Å². The zero-order valence-electron chi connectivity index (χ0n) is 10.3. The summed E-state index contributed by atoms with van der Waals surface area (Å²) < 4.78 is 14.1. The molecule has 1 aliphatic heterocycles. The Morgan fingerprint density at radius 2 is 2.16 bits per heavy atom. The fourth-order valence-electron chi connectivity index (χ4n) is 2.35. The first kappa shape index (κ1) is 14.0. The molecule has 1 fully saturated rings. The average molecular weight is 330 g/mol. The van der Waals surface area contributed by atoms with Crippen LogP contribution in [-0.2, 0) is 4.79 Å². The van der Waals surface area contributed by atoms with Gasteiger partial charge < -0.3 is 10.0 Å². The Morgan fingerprint density at radius 3 is 2.74 bits per heavy atom. The van der Waals surface area contributed by atoms with Crippen molar-refractivity contribution in [2.75, 3.05) is 6.54 Å². The van der Waals surface area contributed by atoms with E-state index in [4.69, 9.17) is 0 Å². The fraction of sp³-hybridized carbons (Fsp3) is 0.385. The SMILES string of the molecule is CC1(C(=O)O)CCCN1C(=O)c1c(F)cccc1Br. The van der Waals surface area contributed by atoms with Gasteiger partial charge in [-0.15, -0.1) is 0 Å². The molecule has 1 aliphatic rings. The second-order valence-corrected chi connectivity index (χ2v) is 5.59. The third-order valence-corrected chi connectivity index (χ3v) is 4.18. The average Bonchev–Trinajstić information content (AvgIpc) is 2.72. The lowest BCUT2D eigenvalue weighted by atomic mass is 9.98. The minimum Gasteiger partial charge on any atom is -0.480 e. The van der Waals surface area contributed by atoms with Crippen LogP contribution in [0.1, 0.15) is 30.1 Å². The van der Waals surface area contributed by atoms with E-state index in [2.05, 4.69) is 15.9 Å². The molecule has 1 saturated heterocycles. The second kappa shape index (κ2) is 4.92. The summed E-state index contributed by atoms with van der Waals surface area (Å²) in [5, 5.41) is 9.28. The molecule has 6 heteroatoms. The number of benzene rings is 1. The number of carbonyl (C=O) groups excluding carboxylic acids is 1. The molecular weight excluding hydrogens is 317 g/mol. The topological polar surface area (TPSA) is 57.6 Å². The van der Waals surface area contributed by atoms with Gasteiger partial charge in [-0.25, -0.2) is 9.18 Å². The van der Waals surface area contributed by atoms with Gasteiger partial charge in [-0.05, 0) is 47.8 Å². The van der Waals surface area contributed by atoms with Gasteiger partial charge in [0.15, 0.2) is 0 Å². The lowest BCUT2D eigenvalue weighted by Crippen LogP contribution is -2.51. The number of aliphatic carboxylic acids is 1. The highest BCUT2D eigenvalue weighted by molar-refractivity contribution is 9.10. The van der Waals surface area contributed by atoms with Crippen LogP contribution in [0.25, 0.3) is 0 Å². The van der Waals surface area contributed by atoms with Crippen LogP contribution >= 0.6 is 15.9 Å². The Balaban J connectivity index is 2.42. The van der Waals surface area contributed by atoms with Crippen LogP contribution in [0, 0.1) is 5.82 Å². The molecule has 1 aromatic rings. The van der Waals surface area contributed by atoms with Crippen molar-refractivity contribution in [3.8, 4) is 0 Å². The van der Waals surface area contributed by atoms with Crippen molar-refractivity contribution in [1.29, 1.82) is 0 Å². The number of halogens is 2. The van der Waals surface area contributed by atoms with Crippen LogP contribution in [-0.4, -0.2) is 34.0 Å². The fourth-order valence-corrected chi connectivity index (χ4v) is 2.86. The summed E-state index contributed by atoms with van der Waals surface area (Å²) in [7, 11) is 0. The van der Waals surface area contributed by atoms with Crippen LogP contribution in [0.3, 0.4) is 0 Å². The highest BCUT2D eigenvalue weighted by Crippen LogP contribution is 2.32. The van der Waals surface area contributed by atoms with Crippen molar-refractivity contribution in [2.45, 2.75) is 25.3 Å². The maximum atomic E-state index is 13.8.